The molecular formula is C24H25N5O5S. The summed E-state index contributed by atoms with van der Waals surface area (Å²) < 4.78 is 7.44. The van der Waals surface area contributed by atoms with Crippen molar-refractivity contribution in [2.24, 2.45) is 0 Å². The molecule has 1 saturated heterocycles. The van der Waals surface area contributed by atoms with Gasteiger partial charge in [0, 0.05) is 50.7 Å². The molecule has 10 nitrogen and oxygen atoms in total. The van der Waals surface area contributed by atoms with Crippen LogP contribution in [0.3, 0.4) is 0 Å². The molecule has 0 atom stereocenters. The number of hydrogen-bond acceptors (Lipinski definition) is 8. The van der Waals surface area contributed by atoms with Crippen LogP contribution in [0.15, 0.2) is 40.8 Å². The Morgan fingerprint density at radius 1 is 1.29 bits per heavy atom. The molecule has 182 valence electrons. The Bertz CT molecular complexity index is 1400. The number of thiazole rings is 1. The summed E-state index contributed by atoms with van der Waals surface area (Å²) in [7, 11) is 2.03. The SMILES string of the molecule is CCn1c(=C=C(C#N)C(=O)O)sc(=C=CNc2cccc(OCC(=O)N3CCN(C)CC3)c2)c1=O. The highest BCUT2D eigenvalue weighted by molar-refractivity contribution is 7.07. The summed E-state index contributed by atoms with van der Waals surface area (Å²) in [5.74, 6) is -0.945. The van der Waals surface area contributed by atoms with E-state index in [1.54, 1.807) is 42.2 Å². The van der Waals surface area contributed by atoms with Crippen molar-refractivity contribution in [2.45, 2.75) is 13.5 Å². The van der Waals surface area contributed by atoms with Crippen molar-refractivity contribution >= 4 is 40.4 Å². The number of aliphatic carboxylic acids is 1. The van der Waals surface area contributed by atoms with Crippen LogP contribution in [0.5, 0.6) is 5.75 Å². The first-order valence-electron chi connectivity index (χ1n) is 10.9. The molecule has 0 aliphatic carbocycles. The van der Waals surface area contributed by atoms with Crippen molar-refractivity contribution in [1.82, 2.24) is 14.4 Å². The lowest BCUT2D eigenvalue weighted by Crippen LogP contribution is -2.48. The highest BCUT2D eigenvalue weighted by atomic mass is 32.1. The van der Waals surface area contributed by atoms with Crippen LogP contribution in [-0.4, -0.2) is 71.2 Å². The van der Waals surface area contributed by atoms with Gasteiger partial charge in [-0.1, -0.05) is 28.9 Å². The quantitative estimate of drug-likeness (QED) is 0.406. The maximum Gasteiger partial charge on any atom is 0.354 e. The number of nitrogens with zero attached hydrogens (tertiary/aromatic N) is 4. The fourth-order valence-electron chi connectivity index (χ4n) is 3.27. The standard InChI is InChI=1S/C24H25N5O5S/c1-3-29-22(13-17(15-25)24(32)33)35-20(23(29)31)7-8-26-18-5-4-6-19(14-18)34-16-21(30)28-11-9-27(2)10-12-28/h4-6,8,14,26H,3,9-12,16H2,1-2H3,(H,32,33). The first-order valence-corrected chi connectivity index (χ1v) is 11.7. The van der Waals surface area contributed by atoms with Gasteiger partial charge in [-0.3, -0.25) is 14.2 Å². The number of carboxylic acid groups (broad SMARTS) is 1. The molecule has 0 spiro atoms. The Kier molecular flexibility index (Phi) is 8.68. The normalized spacial score (nSPS) is 13.2. The Morgan fingerprint density at radius 3 is 2.69 bits per heavy atom. The van der Waals surface area contributed by atoms with Gasteiger partial charge in [0.2, 0.25) is 0 Å². The number of likely N-dealkylation sites (N-methyl/N-ethyl adjacent to an activating group) is 1. The van der Waals surface area contributed by atoms with E-state index in [2.05, 4.69) is 21.7 Å². The molecule has 1 fully saturated rings. The minimum Gasteiger partial charge on any atom is -0.484 e. The molecule has 1 aliphatic rings. The molecule has 3 rings (SSSR count). The number of aromatic nitrogens is 1. The fourth-order valence-corrected chi connectivity index (χ4v) is 4.25. The van der Waals surface area contributed by atoms with E-state index < -0.39 is 11.5 Å². The van der Waals surface area contributed by atoms with E-state index in [0.717, 1.165) is 24.4 Å². The second-order valence-corrected chi connectivity index (χ2v) is 8.64. The van der Waals surface area contributed by atoms with Crippen LogP contribution in [0.1, 0.15) is 6.92 Å². The molecule has 2 heterocycles. The van der Waals surface area contributed by atoms with Crippen LogP contribution >= 0.6 is 11.3 Å². The third-order valence-electron chi connectivity index (χ3n) is 5.25. The van der Waals surface area contributed by atoms with Gasteiger partial charge in [0.05, 0.1) is 0 Å². The molecule has 2 N–H and O–H groups in total. The largest absolute Gasteiger partial charge is 0.484 e. The number of carbonyl (C=O) groups is 2. The van der Waals surface area contributed by atoms with Crippen LogP contribution in [0, 0.1) is 11.3 Å². The van der Waals surface area contributed by atoms with Gasteiger partial charge in [0.15, 0.2) is 12.2 Å². The molecule has 11 heteroatoms. The molecule has 0 saturated carbocycles. The summed E-state index contributed by atoms with van der Waals surface area (Å²) in [6, 6.07) is 8.59. The van der Waals surface area contributed by atoms with Crippen LogP contribution < -0.4 is 24.8 Å². The van der Waals surface area contributed by atoms with E-state index in [4.69, 9.17) is 15.1 Å². The van der Waals surface area contributed by atoms with Gasteiger partial charge in [-0.2, -0.15) is 5.26 Å². The van der Waals surface area contributed by atoms with Crippen LogP contribution in [-0.2, 0) is 16.1 Å². The molecule has 2 aromatic rings. The number of nitriles is 1. The lowest BCUT2D eigenvalue weighted by Gasteiger charge is -2.32. The van der Waals surface area contributed by atoms with Crippen LogP contribution in [0.2, 0.25) is 0 Å². The fraction of sp³-hybridized carbons (Fsp3) is 0.333. The number of rotatable bonds is 7. The molecule has 1 aromatic heterocycles. The molecule has 1 aliphatic heterocycles. The number of ether oxygens (including phenoxy) is 1. The summed E-state index contributed by atoms with van der Waals surface area (Å²) >= 11 is 0.987. The lowest BCUT2D eigenvalue weighted by atomic mass is 10.3. The van der Waals surface area contributed by atoms with E-state index in [0.29, 0.717) is 24.5 Å². The van der Waals surface area contributed by atoms with Crippen LogP contribution in [0.4, 0.5) is 5.69 Å². The van der Waals surface area contributed by atoms with Gasteiger partial charge >= 0.3 is 5.97 Å². The molecule has 1 aromatic carbocycles. The van der Waals surface area contributed by atoms with Gasteiger partial charge in [-0.15, -0.1) is 0 Å². The molecule has 0 radical (unpaired) electrons. The lowest BCUT2D eigenvalue weighted by molar-refractivity contribution is -0.135. The summed E-state index contributed by atoms with van der Waals surface area (Å²) in [5.41, 5.74) is 5.07. The van der Waals surface area contributed by atoms with Crippen molar-refractivity contribution in [1.29, 1.82) is 5.26 Å². The topological polar surface area (TPSA) is 128 Å². The van der Waals surface area contributed by atoms with Gasteiger partial charge in [0.1, 0.15) is 21.0 Å². The Labute approximate surface area is 205 Å². The summed E-state index contributed by atoms with van der Waals surface area (Å²) in [6.07, 6.45) is 1.46. The van der Waals surface area contributed by atoms with Crippen molar-refractivity contribution < 1.29 is 19.4 Å². The minimum atomic E-state index is -1.41. The number of piperazine rings is 1. The number of benzene rings is 1. The molecular weight excluding hydrogens is 470 g/mol. The second-order valence-electron chi connectivity index (χ2n) is 7.64. The van der Waals surface area contributed by atoms with Crippen molar-refractivity contribution in [3.8, 4) is 11.8 Å². The minimum absolute atomic E-state index is 0.0469. The number of anilines is 1. The number of nitrogens with one attached hydrogen (secondary N) is 1. The predicted molar refractivity (Wildman–Crippen MR) is 131 cm³/mol. The third kappa shape index (κ3) is 6.73. The van der Waals surface area contributed by atoms with Crippen molar-refractivity contribution in [3.05, 3.63) is 55.6 Å². The van der Waals surface area contributed by atoms with Crippen molar-refractivity contribution in [2.75, 3.05) is 45.2 Å². The van der Waals surface area contributed by atoms with Gasteiger partial charge < -0.3 is 25.0 Å². The summed E-state index contributed by atoms with van der Waals surface area (Å²) in [6.45, 7) is 5.04. The first-order chi connectivity index (χ1) is 16.8. The molecule has 35 heavy (non-hydrogen) atoms. The van der Waals surface area contributed by atoms with Crippen LogP contribution in [0.25, 0.3) is 11.5 Å². The van der Waals surface area contributed by atoms with E-state index >= 15 is 0 Å². The average molecular weight is 496 g/mol. The average Bonchev–Trinajstić information content (AvgIpc) is 3.15. The number of carboxylic acids is 1. The van der Waals surface area contributed by atoms with E-state index in [-0.39, 0.29) is 33.8 Å². The number of hydrogen-bond donors (Lipinski definition) is 2. The van der Waals surface area contributed by atoms with Gasteiger partial charge in [-0.25, -0.2) is 4.79 Å². The van der Waals surface area contributed by atoms with Crippen molar-refractivity contribution in [3.63, 3.8) is 0 Å². The summed E-state index contributed by atoms with van der Waals surface area (Å²) in [5, 5.41) is 21.0. The Hall–Kier alpha value is -4.06. The Morgan fingerprint density at radius 2 is 2.03 bits per heavy atom. The predicted octanol–water partition coefficient (Wildman–Crippen LogP) is 0.00168. The van der Waals surface area contributed by atoms with Gasteiger partial charge in [0.25, 0.3) is 11.5 Å². The highest BCUT2D eigenvalue weighted by Crippen LogP contribution is 2.17. The zero-order valence-corrected chi connectivity index (χ0v) is 20.2. The number of amides is 1. The first kappa shape index (κ1) is 25.6. The maximum absolute atomic E-state index is 12.6. The molecule has 1 amide bonds. The monoisotopic (exact) mass is 495 g/mol. The molecule has 0 unspecified atom stereocenters. The van der Waals surface area contributed by atoms with E-state index in [9.17, 15) is 14.4 Å². The van der Waals surface area contributed by atoms with E-state index in [1.165, 1.54) is 10.8 Å². The van der Waals surface area contributed by atoms with Gasteiger partial charge in [-0.05, 0) is 26.1 Å². The third-order valence-corrected chi connectivity index (χ3v) is 6.26. The zero-order valence-electron chi connectivity index (χ0n) is 19.4. The Balaban J connectivity index is 1.75. The zero-order chi connectivity index (χ0) is 25.4. The molecule has 0 bridgehead atoms. The van der Waals surface area contributed by atoms with E-state index in [1.807, 2.05) is 7.05 Å². The summed E-state index contributed by atoms with van der Waals surface area (Å²) in [4.78, 5) is 40.0. The highest BCUT2D eigenvalue weighted by Gasteiger charge is 2.19. The second kappa shape index (κ2) is 11.9. The smallest absolute Gasteiger partial charge is 0.354 e. The number of carbonyl (C=O) groups excluding carboxylic acids is 1. The maximum atomic E-state index is 12.6.